The quantitative estimate of drug-likeness (QED) is 0.691. The molecule has 2 aliphatic carbocycles. The fraction of sp³-hybridized carbons (Fsp3) is 0.562. The number of fused-ring (bicyclic) bond motifs is 2. The Hall–Kier alpha value is 0.153. The van der Waals surface area contributed by atoms with Gasteiger partial charge in [0.15, 0.2) is 0 Å². The number of halogens is 2. The first-order chi connectivity index (χ1) is 10.0. The molecule has 21 heavy (non-hydrogen) atoms. The van der Waals surface area contributed by atoms with Gasteiger partial charge in [-0.2, -0.15) is 0 Å². The number of benzene rings is 1. The molecule has 0 amide bonds. The Morgan fingerprint density at radius 1 is 1.24 bits per heavy atom. The molecule has 5 heteroatoms. The van der Waals surface area contributed by atoms with Crippen LogP contribution in [0.15, 0.2) is 17.1 Å². The first kappa shape index (κ1) is 17.5. The van der Waals surface area contributed by atoms with Crippen molar-refractivity contribution < 1.29 is 26.0 Å². The fourth-order valence-corrected chi connectivity index (χ4v) is 3.66. The van der Waals surface area contributed by atoms with E-state index in [1.54, 1.807) is 0 Å². The first-order valence-electron chi connectivity index (χ1n) is 7.34. The summed E-state index contributed by atoms with van der Waals surface area (Å²) in [6.45, 7) is 4.00. The molecule has 0 heterocycles. The van der Waals surface area contributed by atoms with Gasteiger partial charge in [-0.1, -0.05) is 12.5 Å². The molecule has 1 aromatic rings. The van der Waals surface area contributed by atoms with Crippen molar-refractivity contribution in [3.05, 3.63) is 28.8 Å². The maximum atomic E-state index is 10.0. The molecule has 2 fully saturated rings. The Morgan fingerprint density at radius 3 is 2.52 bits per heavy atom. The van der Waals surface area contributed by atoms with E-state index in [1.807, 2.05) is 25.3 Å². The van der Waals surface area contributed by atoms with Crippen molar-refractivity contribution in [2.45, 2.75) is 45.6 Å². The molecule has 2 nitrogen and oxygen atoms in total. The summed E-state index contributed by atoms with van der Waals surface area (Å²) in [5, 5.41) is 10.0. The van der Waals surface area contributed by atoms with E-state index in [9.17, 15) is 5.11 Å². The second-order valence-corrected chi connectivity index (χ2v) is 9.84. The molecule has 2 bridgehead atoms. The van der Waals surface area contributed by atoms with Crippen LogP contribution in [0.3, 0.4) is 0 Å². The molecule has 0 radical (unpaired) electrons. The summed E-state index contributed by atoms with van der Waals surface area (Å²) in [5.74, 6) is 2.11. The Labute approximate surface area is 145 Å². The number of aromatic hydroxyl groups is 1. The third-order valence-corrected chi connectivity index (χ3v) is 4.58. The summed E-state index contributed by atoms with van der Waals surface area (Å²) in [7, 11) is 9.87. The van der Waals surface area contributed by atoms with Gasteiger partial charge < -0.3 is 5.11 Å². The Morgan fingerprint density at radius 2 is 1.95 bits per heavy atom. The van der Waals surface area contributed by atoms with Crippen LogP contribution in [-0.2, 0) is 20.8 Å². The first-order valence-corrected chi connectivity index (χ1v) is 13.7. The molecule has 0 saturated heterocycles. The number of aliphatic imine (C=N–C) groups is 1. The number of phenols is 1. The molecule has 0 aromatic heterocycles. The minimum atomic E-state index is -0.826. The van der Waals surface area contributed by atoms with Gasteiger partial charge in [-0.3, -0.25) is 4.99 Å². The number of phenolic OH excluding ortho intramolecular Hbond substituents is 1. The summed E-state index contributed by atoms with van der Waals surface area (Å²) in [6, 6.07) is 4.52. The second kappa shape index (κ2) is 8.13. The van der Waals surface area contributed by atoms with Crippen LogP contribution in [0, 0.1) is 25.7 Å². The van der Waals surface area contributed by atoms with Crippen LogP contribution in [0.1, 0.15) is 42.4 Å². The van der Waals surface area contributed by atoms with Gasteiger partial charge in [-0.15, -0.1) is 0 Å². The molecule has 2 aliphatic rings. The molecule has 3 atom stereocenters. The average molecular weight is 405 g/mol. The van der Waals surface area contributed by atoms with E-state index in [4.69, 9.17) is 22.0 Å². The molecule has 1 aromatic carbocycles. The van der Waals surface area contributed by atoms with Crippen LogP contribution in [0.25, 0.3) is 0 Å². The molecule has 2 saturated carbocycles. The zero-order valence-electron chi connectivity index (χ0n) is 12.4. The number of nitrogens with zero attached hydrogens (tertiary/aromatic N) is 1. The van der Waals surface area contributed by atoms with Gasteiger partial charge in [0.2, 0.25) is 0 Å². The van der Waals surface area contributed by atoms with Gasteiger partial charge in [0.1, 0.15) is 5.75 Å². The Bertz CT molecular complexity index is 521. The van der Waals surface area contributed by atoms with Crippen molar-refractivity contribution in [1.29, 1.82) is 0 Å². The predicted octanol–water partition coefficient (Wildman–Crippen LogP) is 4.99. The van der Waals surface area contributed by atoms with Crippen molar-refractivity contribution in [2.24, 2.45) is 16.8 Å². The van der Waals surface area contributed by atoms with Crippen LogP contribution < -0.4 is 0 Å². The van der Waals surface area contributed by atoms with Gasteiger partial charge >= 0.3 is 37.9 Å². The summed E-state index contributed by atoms with van der Waals surface area (Å²) >= 11 is -0.826. The fourth-order valence-electron chi connectivity index (χ4n) is 3.66. The number of aryl methyl sites for hydroxylation is 2. The van der Waals surface area contributed by atoms with Crippen LogP contribution >= 0.6 is 17.0 Å². The van der Waals surface area contributed by atoms with Crippen molar-refractivity contribution in [3.8, 4) is 5.75 Å². The second-order valence-electron chi connectivity index (χ2n) is 6.11. The van der Waals surface area contributed by atoms with Gasteiger partial charge in [-0.25, -0.2) is 0 Å². The van der Waals surface area contributed by atoms with Crippen molar-refractivity contribution in [1.82, 2.24) is 0 Å². The molecule has 114 valence electrons. The van der Waals surface area contributed by atoms with E-state index in [-0.39, 0.29) is 0 Å². The van der Waals surface area contributed by atoms with E-state index >= 15 is 0 Å². The van der Waals surface area contributed by atoms with Crippen LogP contribution in [0.2, 0.25) is 0 Å². The molecular weight excluding hydrogens is 384 g/mol. The third kappa shape index (κ3) is 4.56. The monoisotopic (exact) mass is 403 g/mol. The van der Waals surface area contributed by atoms with Gasteiger partial charge in [0, 0.05) is 11.8 Å². The predicted molar refractivity (Wildman–Crippen MR) is 86.1 cm³/mol. The number of hydrogen-bond acceptors (Lipinski definition) is 2. The van der Waals surface area contributed by atoms with Crippen molar-refractivity contribution in [3.63, 3.8) is 0 Å². The zero-order chi connectivity index (χ0) is 15.4. The van der Waals surface area contributed by atoms with E-state index < -0.39 is 20.8 Å². The van der Waals surface area contributed by atoms with Gasteiger partial charge in [-0.05, 0) is 62.1 Å². The van der Waals surface area contributed by atoms with E-state index in [2.05, 4.69) is 6.92 Å². The van der Waals surface area contributed by atoms with Crippen molar-refractivity contribution >= 4 is 23.2 Å². The normalized spacial score (nSPS) is 26.8. The average Bonchev–Trinajstić information content (AvgIpc) is 3.04. The van der Waals surface area contributed by atoms with E-state index in [1.165, 1.54) is 31.2 Å². The minimum absolute atomic E-state index is 0.382. The number of hydrogen-bond donors (Lipinski definition) is 1. The molecule has 0 spiro atoms. The van der Waals surface area contributed by atoms with Crippen LogP contribution in [0.4, 0.5) is 0 Å². The summed E-state index contributed by atoms with van der Waals surface area (Å²) < 4.78 is 0. The summed E-state index contributed by atoms with van der Waals surface area (Å²) in [6.07, 6.45) is 7.28. The molecular formula is C16H21Cl2NOZr. The third-order valence-electron chi connectivity index (χ3n) is 4.58. The molecule has 3 unspecified atom stereocenters. The zero-order valence-corrected chi connectivity index (χ0v) is 16.4. The van der Waals surface area contributed by atoms with Gasteiger partial charge in [0.05, 0.1) is 6.04 Å². The standard InChI is InChI=1S/C16H21NO.2ClH.Zr/c1-10-5-11(2)16(18)14(6-10)9-17-15-8-12-3-4-13(15)7-12;;;/h5-6,9,12-13,15,18H,3-4,7-8H2,1-2H3;2*1H;/q;;;+2/p-2. The van der Waals surface area contributed by atoms with Crippen molar-refractivity contribution in [2.75, 3.05) is 0 Å². The Kier molecular flexibility index (Phi) is 6.78. The number of rotatable bonds is 2. The summed E-state index contributed by atoms with van der Waals surface area (Å²) in [4.78, 5) is 4.73. The molecule has 0 aliphatic heterocycles. The SMILES string of the molecule is Cc1cc(C)c(O)c(C=NC2CC3CCC2C3)c1.[Cl][Zr][Cl]. The van der Waals surface area contributed by atoms with Gasteiger partial charge in [0.25, 0.3) is 0 Å². The van der Waals surface area contributed by atoms with E-state index in [0.717, 1.165) is 23.0 Å². The maximum absolute atomic E-state index is 10.0. The Balaban J connectivity index is 0.000000497. The van der Waals surface area contributed by atoms with Crippen LogP contribution in [-0.4, -0.2) is 17.4 Å². The molecule has 1 N–H and O–H groups in total. The topological polar surface area (TPSA) is 32.6 Å². The summed E-state index contributed by atoms with van der Waals surface area (Å²) in [5.41, 5.74) is 2.99. The van der Waals surface area contributed by atoms with Crippen LogP contribution in [0.5, 0.6) is 5.75 Å². The van der Waals surface area contributed by atoms with E-state index in [0.29, 0.717) is 11.8 Å². The molecule has 3 rings (SSSR count).